The summed E-state index contributed by atoms with van der Waals surface area (Å²) in [6, 6.07) is 14.6. The molecule has 0 saturated carbocycles. The lowest BCUT2D eigenvalue weighted by Gasteiger charge is -2.11. The summed E-state index contributed by atoms with van der Waals surface area (Å²) < 4.78 is 20.6. The van der Waals surface area contributed by atoms with E-state index in [0.717, 1.165) is 27.7 Å². The summed E-state index contributed by atoms with van der Waals surface area (Å²) in [6.07, 6.45) is 0. The van der Waals surface area contributed by atoms with Gasteiger partial charge in [-0.3, -0.25) is 4.57 Å². The maximum absolute atomic E-state index is 13.4. The first-order valence-electron chi connectivity index (χ1n) is 9.18. The van der Waals surface area contributed by atoms with Crippen LogP contribution in [0.25, 0.3) is 16.9 Å². The molecule has 0 atom stereocenters. The Morgan fingerprint density at radius 1 is 1.10 bits per heavy atom. The molecular formula is C21H21FN6O. The van der Waals surface area contributed by atoms with Gasteiger partial charge in [-0.15, -0.1) is 0 Å². The Kier molecular flexibility index (Phi) is 5.09. The molecule has 0 fully saturated rings. The zero-order valence-corrected chi connectivity index (χ0v) is 16.2. The molecule has 4 aromatic rings. The fraction of sp³-hybridized carbons (Fsp3) is 0.190. The number of nitrogens with one attached hydrogen (secondary N) is 1. The molecule has 0 unspecified atom stereocenters. The molecule has 8 heteroatoms. The number of methoxy groups -OCH3 is 1. The highest BCUT2D eigenvalue weighted by molar-refractivity contribution is 5.86. The van der Waals surface area contributed by atoms with Crippen molar-refractivity contribution in [3.63, 3.8) is 0 Å². The number of nitrogens with zero attached hydrogens (tertiary/aromatic N) is 4. The summed E-state index contributed by atoms with van der Waals surface area (Å²) in [5.41, 5.74) is 9.63. The number of benzene rings is 2. The second kappa shape index (κ2) is 7.84. The van der Waals surface area contributed by atoms with Crippen molar-refractivity contribution in [1.82, 2.24) is 19.5 Å². The molecular weight excluding hydrogens is 371 g/mol. The van der Waals surface area contributed by atoms with Crippen molar-refractivity contribution < 1.29 is 9.13 Å². The minimum absolute atomic E-state index is 0.188. The predicted octanol–water partition coefficient (Wildman–Crippen LogP) is 3.34. The minimum Gasteiger partial charge on any atom is -0.467 e. The Bertz CT molecular complexity index is 1170. The van der Waals surface area contributed by atoms with Crippen LogP contribution in [-0.2, 0) is 13.1 Å². The van der Waals surface area contributed by atoms with Crippen LogP contribution in [0.1, 0.15) is 16.8 Å². The molecule has 0 bridgehead atoms. The van der Waals surface area contributed by atoms with Crippen molar-refractivity contribution >= 4 is 16.9 Å². The second-order valence-corrected chi connectivity index (χ2v) is 6.60. The van der Waals surface area contributed by atoms with E-state index in [1.165, 1.54) is 19.2 Å². The molecule has 0 aliphatic carbocycles. The first kappa shape index (κ1) is 18.8. The topological polar surface area (TPSA) is 90.9 Å². The average Bonchev–Trinajstić information content (AvgIpc) is 3.08. The summed E-state index contributed by atoms with van der Waals surface area (Å²) in [5, 5.41) is 4.17. The predicted molar refractivity (Wildman–Crippen MR) is 110 cm³/mol. The summed E-state index contributed by atoms with van der Waals surface area (Å²) in [7, 11) is 1.50. The van der Waals surface area contributed by atoms with Crippen LogP contribution in [0.5, 0.6) is 6.01 Å². The van der Waals surface area contributed by atoms with E-state index in [9.17, 15) is 4.39 Å². The van der Waals surface area contributed by atoms with E-state index in [0.29, 0.717) is 25.0 Å². The van der Waals surface area contributed by atoms with Crippen LogP contribution in [0, 0.1) is 12.7 Å². The Morgan fingerprint density at radius 3 is 2.69 bits per heavy atom. The van der Waals surface area contributed by atoms with E-state index in [1.807, 2.05) is 35.8 Å². The Labute approximate surface area is 167 Å². The molecule has 0 spiro atoms. The number of nitrogens with two attached hydrogens (primary N) is 1. The van der Waals surface area contributed by atoms with Crippen molar-refractivity contribution in [2.45, 2.75) is 20.0 Å². The van der Waals surface area contributed by atoms with Crippen LogP contribution in [0.4, 0.5) is 10.3 Å². The lowest BCUT2D eigenvalue weighted by Crippen LogP contribution is -2.11. The molecule has 2 aromatic heterocycles. The van der Waals surface area contributed by atoms with Gasteiger partial charge in [0.1, 0.15) is 5.82 Å². The normalized spacial score (nSPS) is 11.0. The van der Waals surface area contributed by atoms with Gasteiger partial charge in [-0.1, -0.05) is 24.3 Å². The molecule has 2 aromatic carbocycles. The van der Waals surface area contributed by atoms with Crippen molar-refractivity contribution in [1.29, 1.82) is 0 Å². The van der Waals surface area contributed by atoms with Gasteiger partial charge >= 0.3 is 6.01 Å². The van der Waals surface area contributed by atoms with Crippen molar-refractivity contribution in [3.05, 3.63) is 71.2 Å². The summed E-state index contributed by atoms with van der Waals surface area (Å²) in [6.45, 7) is 2.80. The molecule has 4 rings (SSSR count). The fourth-order valence-electron chi connectivity index (χ4n) is 3.31. The molecule has 148 valence electrons. The molecule has 7 nitrogen and oxygen atoms in total. The second-order valence-electron chi connectivity index (χ2n) is 6.60. The molecule has 0 amide bonds. The lowest BCUT2D eigenvalue weighted by molar-refractivity contribution is 0.378. The smallest absolute Gasteiger partial charge is 0.322 e. The fourth-order valence-corrected chi connectivity index (χ4v) is 3.31. The van der Waals surface area contributed by atoms with Crippen molar-refractivity contribution in [2.75, 3.05) is 12.4 Å². The summed E-state index contributed by atoms with van der Waals surface area (Å²) >= 11 is 0. The van der Waals surface area contributed by atoms with Gasteiger partial charge in [0.25, 0.3) is 0 Å². The van der Waals surface area contributed by atoms with Crippen LogP contribution in [0.3, 0.4) is 0 Å². The molecule has 29 heavy (non-hydrogen) atoms. The van der Waals surface area contributed by atoms with Gasteiger partial charge < -0.3 is 15.8 Å². The highest BCUT2D eigenvalue weighted by Crippen LogP contribution is 2.26. The molecule has 0 saturated heterocycles. The number of hydrogen-bond donors (Lipinski definition) is 2. The van der Waals surface area contributed by atoms with Gasteiger partial charge in [-0.2, -0.15) is 15.0 Å². The van der Waals surface area contributed by atoms with E-state index >= 15 is 0 Å². The zero-order chi connectivity index (χ0) is 20.4. The SMILES string of the molecule is COc1nc(NCc2cccc(F)c2)nc(-n2c(C)cc3c(CN)cccc32)n1. The number of rotatable bonds is 6. The van der Waals surface area contributed by atoms with E-state index in [-0.39, 0.29) is 11.8 Å². The molecule has 2 heterocycles. The van der Waals surface area contributed by atoms with Gasteiger partial charge in [0.05, 0.1) is 12.6 Å². The highest BCUT2D eigenvalue weighted by atomic mass is 19.1. The van der Waals surface area contributed by atoms with Crippen LogP contribution in [0.2, 0.25) is 0 Å². The highest BCUT2D eigenvalue weighted by Gasteiger charge is 2.15. The number of hydrogen-bond acceptors (Lipinski definition) is 6. The number of halogens is 1. The maximum Gasteiger partial charge on any atom is 0.322 e. The largest absolute Gasteiger partial charge is 0.467 e. The van der Waals surface area contributed by atoms with Gasteiger partial charge in [0, 0.05) is 24.2 Å². The van der Waals surface area contributed by atoms with Gasteiger partial charge in [0.2, 0.25) is 11.9 Å². The third-order valence-electron chi connectivity index (χ3n) is 4.67. The first-order chi connectivity index (χ1) is 14.1. The Balaban J connectivity index is 1.74. The van der Waals surface area contributed by atoms with Gasteiger partial charge in [-0.05, 0) is 42.3 Å². The molecule has 0 aliphatic rings. The third kappa shape index (κ3) is 3.74. The van der Waals surface area contributed by atoms with Crippen LogP contribution < -0.4 is 15.8 Å². The van der Waals surface area contributed by atoms with Crippen LogP contribution in [-0.4, -0.2) is 26.6 Å². The monoisotopic (exact) mass is 392 g/mol. The first-order valence-corrected chi connectivity index (χ1v) is 9.18. The maximum atomic E-state index is 13.4. The molecule has 0 aliphatic heterocycles. The Morgan fingerprint density at radius 2 is 1.93 bits per heavy atom. The van der Waals surface area contributed by atoms with E-state index in [2.05, 4.69) is 26.3 Å². The number of fused-ring (bicyclic) bond motifs is 1. The van der Waals surface area contributed by atoms with Crippen LogP contribution in [0.15, 0.2) is 48.5 Å². The van der Waals surface area contributed by atoms with E-state index in [4.69, 9.17) is 10.5 Å². The van der Waals surface area contributed by atoms with Crippen molar-refractivity contribution in [3.8, 4) is 12.0 Å². The molecule has 0 radical (unpaired) electrons. The van der Waals surface area contributed by atoms with E-state index < -0.39 is 0 Å². The summed E-state index contributed by atoms with van der Waals surface area (Å²) in [4.78, 5) is 13.2. The quantitative estimate of drug-likeness (QED) is 0.523. The molecule has 3 N–H and O–H groups in total. The Hall–Kier alpha value is -3.52. The number of anilines is 1. The van der Waals surface area contributed by atoms with Gasteiger partial charge in [-0.25, -0.2) is 4.39 Å². The third-order valence-corrected chi connectivity index (χ3v) is 4.67. The zero-order valence-electron chi connectivity index (χ0n) is 16.2. The minimum atomic E-state index is -0.289. The van der Waals surface area contributed by atoms with Crippen LogP contribution >= 0.6 is 0 Å². The number of aryl methyl sites for hydroxylation is 1. The summed E-state index contributed by atoms with van der Waals surface area (Å²) in [5.74, 6) is 0.482. The van der Waals surface area contributed by atoms with E-state index in [1.54, 1.807) is 6.07 Å². The standard InChI is InChI=1S/C21H21FN6O/c1-13-9-17-15(11-23)6-4-8-18(17)28(13)20-25-19(26-21(27-20)29-2)24-12-14-5-3-7-16(22)10-14/h3-10H,11-12,23H2,1-2H3,(H,24,25,26,27). The average molecular weight is 392 g/mol. The van der Waals surface area contributed by atoms with Gasteiger partial charge in [0.15, 0.2) is 0 Å². The number of aromatic nitrogens is 4. The van der Waals surface area contributed by atoms with Crippen molar-refractivity contribution in [2.24, 2.45) is 5.73 Å². The number of ether oxygens (including phenoxy) is 1. The lowest BCUT2D eigenvalue weighted by atomic mass is 10.1.